The molecule has 0 aliphatic carbocycles. The number of oxime groups is 1. The van der Waals surface area contributed by atoms with Crippen LogP contribution in [0.15, 0.2) is 53.7 Å². The van der Waals surface area contributed by atoms with Crippen molar-refractivity contribution < 1.29 is 14.4 Å². The zero-order chi connectivity index (χ0) is 15.2. The molecule has 0 unspecified atom stereocenters. The van der Waals surface area contributed by atoms with E-state index in [1.54, 1.807) is 31.2 Å². The second kappa shape index (κ2) is 6.51. The summed E-state index contributed by atoms with van der Waals surface area (Å²) in [5, 5.41) is 17.0. The second-order valence-electron chi connectivity index (χ2n) is 4.35. The number of hydrogen-bond acceptors (Lipinski definition) is 3. The second-order valence-corrected chi connectivity index (χ2v) is 4.35. The van der Waals surface area contributed by atoms with Crippen LogP contribution in [0.25, 0.3) is 0 Å². The summed E-state index contributed by atoms with van der Waals surface area (Å²) in [6.45, 7) is 1.67. The van der Waals surface area contributed by atoms with Gasteiger partial charge in [-0.1, -0.05) is 17.3 Å². The van der Waals surface area contributed by atoms with Gasteiger partial charge in [0.2, 0.25) is 0 Å². The highest BCUT2D eigenvalue weighted by Gasteiger charge is 2.04. The third-order valence-electron chi connectivity index (χ3n) is 2.81. The first-order valence-electron chi connectivity index (χ1n) is 6.21. The molecule has 0 aromatic heterocycles. The molecule has 0 bridgehead atoms. The fourth-order valence-electron chi connectivity index (χ4n) is 1.68. The van der Waals surface area contributed by atoms with E-state index in [9.17, 15) is 9.18 Å². The topological polar surface area (TPSA) is 73.7 Å². The van der Waals surface area contributed by atoms with E-state index >= 15 is 0 Å². The molecule has 0 heterocycles. The van der Waals surface area contributed by atoms with Gasteiger partial charge in [0.1, 0.15) is 5.82 Å². The van der Waals surface area contributed by atoms with Gasteiger partial charge in [-0.25, -0.2) is 9.18 Å². The van der Waals surface area contributed by atoms with Crippen LogP contribution in [0, 0.1) is 5.82 Å². The zero-order valence-electron chi connectivity index (χ0n) is 11.3. The minimum Gasteiger partial charge on any atom is -0.411 e. The standard InChI is InChI=1S/C15H14FN3O2/c1-10(19-21)11-2-6-13(7-3-11)17-15(20)18-14-8-4-12(16)5-9-14/h2-9,21H,1H3,(H2,17,18,20)/b19-10+. The summed E-state index contributed by atoms with van der Waals surface area (Å²) in [7, 11) is 0. The lowest BCUT2D eigenvalue weighted by Crippen LogP contribution is -2.19. The molecular formula is C15H14FN3O2. The van der Waals surface area contributed by atoms with Crippen LogP contribution in [0.5, 0.6) is 0 Å². The molecule has 21 heavy (non-hydrogen) atoms. The summed E-state index contributed by atoms with van der Waals surface area (Å²) >= 11 is 0. The Labute approximate surface area is 121 Å². The van der Waals surface area contributed by atoms with Crippen molar-refractivity contribution in [1.29, 1.82) is 0 Å². The molecular weight excluding hydrogens is 273 g/mol. The summed E-state index contributed by atoms with van der Waals surface area (Å²) in [5.74, 6) is -0.363. The monoisotopic (exact) mass is 287 g/mol. The van der Waals surface area contributed by atoms with Crippen molar-refractivity contribution in [1.82, 2.24) is 0 Å². The minimum atomic E-state index is -0.429. The highest BCUT2D eigenvalue weighted by Crippen LogP contribution is 2.12. The maximum Gasteiger partial charge on any atom is 0.323 e. The third kappa shape index (κ3) is 4.04. The van der Waals surface area contributed by atoms with Crippen molar-refractivity contribution in [2.75, 3.05) is 10.6 Å². The number of amides is 2. The van der Waals surface area contributed by atoms with Crippen molar-refractivity contribution in [2.24, 2.45) is 5.16 Å². The number of urea groups is 1. The minimum absolute atomic E-state index is 0.363. The molecule has 0 saturated carbocycles. The first-order valence-corrected chi connectivity index (χ1v) is 6.21. The average molecular weight is 287 g/mol. The number of hydrogen-bond donors (Lipinski definition) is 3. The molecule has 0 spiro atoms. The van der Waals surface area contributed by atoms with Gasteiger partial charge in [0.25, 0.3) is 0 Å². The van der Waals surface area contributed by atoms with Crippen LogP contribution in [-0.4, -0.2) is 17.0 Å². The van der Waals surface area contributed by atoms with Gasteiger partial charge in [0, 0.05) is 11.4 Å². The predicted molar refractivity (Wildman–Crippen MR) is 79.5 cm³/mol. The molecule has 0 saturated heterocycles. The number of carbonyl (C=O) groups is 1. The van der Waals surface area contributed by atoms with Gasteiger partial charge in [-0.05, 0) is 48.9 Å². The van der Waals surface area contributed by atoms with Gasteiger partial charge in [-0.15, -0.1) is 0 Å². The Morgan fingerprint density at radius 2 is 1.48 bits per heavy atom. The highest BCUT2D eigenvalue weighted by atomic mass is 19.1. The maximum atomic E-state index is 12.7. The van der Waals surface area contributed by atoms with Crippen LogP contribution < -0.4 is 10.6 Å². The van der Waals surface area contributed by atoms with Gasteiger partial charge in [0.05, 0.1) is 5.71 Å². The van der Waals surface area contributed by atoms with E-state index in [-0.39, 0.29) is 5.82 Å². The van der Waals surface area contributed by atoms with E-state index in [1.807, 2.05) is 0 Å². The molecule has 3 N–H and O–H groups in total. The number of nitrogens with one attached hydrogen (secondary N) is 2. The predicted octanol–water partition coefficient (Wildman–Crippen LogP) is 3.67. The molecule has 0 atom stereocenters. The van der Waals surface area contributed by atoms with Gasteiger partial charge < -0.3 is 15.8 Å². The lowest BCUT2D eigenvalue weighted by atomic mass is 10.1. The Morgan fingerprint density at radius 3 is 1.95 bits per heavy atom. The fourth-order valence-corrected chi connectivity index (χ4v) is 1.68. The van der Waals surface area contributed by atoms with Crippen LogP contribution >= 0.6 is 0 Å². The van der Waals surface area contributed by atoms with E-state index in [1.165, 1.54) is 24.3 Å². The van der Waals surface area contributed by atoms with Crippen LogP contribution in [0.1, 0.15) is 12.5 Å². The summed E-state index contributed by atoms with van der Waals surface area (Å²) in [5.41, 5.74) is 2.32. The van der Waals surface area contributed by atoms with E-state index in [2.05, 4.69) is 15.8 Å². The number of carbonyl (C=O) groups excluding carboxylic acids is 1. The number of anilines is 2. The smallest absolute Gasteiger partial charge is 0.323 e. The van der Waals surface area contributed by atoms with Crippen molar-refractivity contribution >= 4 is 23.1 Å². The normalized spacial score (nSPS) is 11.0. The van der Waals surface area contributed by atoms with Crippen molar-refractivity contribution in [3.8, 4) is 0 Å². The summed E-state index contributed by atoms with van der Waals surface area (Å²) in [4.78, 5) is 11.8. The molecule has 108 valence electrons. The van der Waals surface area contributed by atoms with Crippen LogP contribution in [0.4, 0.5) is 20.6 Å². The zero-order valence-corrected chi connectivity index (χ0v) is 11.3. The van der Waals surface area contributed by atoms with Gasteiger partial charge in [0.15, 0.2) is 0 Å². The van der Waals surface area contributed by atoms with Gasteiger partial charge >= 0.3 is 6.03 Å². The Balaban J connectivity index is 1.98. The Bertz CT molecular complexity index is 652. The molecule has 2 rings (SSSR count). The molecule has 2 aromatic carbocycles. The first-order chi connectivity index (χ1) is 10.1. The largest absolute Gasteiger partial charge is 0.411 e. The Morgan fingerprint density at radius 1 is 1.00 bits per heavy atom. The van der Waals surface area contributed by atoms with Gasteiger partial charge in [-0.2, -0.15) is 0 Å². The van der Waals surface area contributed by atoms with E-state index in [0.29, 0.717) is 17.1 Å². The molecule has 0 aliphatic rings. The Hall–Kier alpha value is -2.89. The van der Waals surface area contributed by atoms with Crippen molar-refractivity contribution in [3.63, 3.8) is 0 Å². The molecule has 0 aliphatic heterocycles. The molecule has 0 radical (unpaired) electrons. The maximum absolute atomic E-state index is 12.7. The lowest BCUT2D eigenvalue weighted by Gasteiger charge is -2.08. The molecule has 0 fully saturated rings. The van der Waals surface area contributed by atoms with Gasteiger partial charge in [-0.3, -0.25) is 0 Å². The van der Waals surface area contributed by atoms with Crippen molar-refractivity contribution in [2.45, 2.75) is 6.92 Å². The number of nitrogens with zero attached hydrogens (tertiary/aromatic N) is 1. The third-order valence-corrected chi connectivity index (χ3v) is 2.81. The number of halogens is 1. The quantitative estimate of drug-likeness (QED) is 0.458. The SMILES string of the molecule is C/C(=N\O)c1ccc(NC(=O)Nc2ccc(F)cc2)cc1. The summed E-state index contributed by atoms with van der Waals surface area (Å²) in [6, 6.07) is 11.9. The molecule has 2 amide bonds. The van der Waals surface area contributed by atoms with Crippen LogP contribution in [0.2, 0.25) is 0 Å². The summed E-state index contributed by atoms with van der Waals surface area (Å²) in [6.07, 6.45) is 0. The Kier molecular flexibility index (Phi) is 4.50. The van der Waals surface area contributed by atoms with E-state index < -0.39 is 6.03 Å². The number of rotatable bonds is 3. The molecule has 2 aromatic rings. The van der Waals surface area contributed by atoms with Crippen LogP contribution in [0.3, 0.4) is 0 Å². The van der Waals surface area contributed by atoms with Crippen molar-refractivity contribution in [3.05, 3.63) is 59.9 Å². The van der Waals surface area contributed by atoms with E-state index in [0.717, 1.165) is 5.56 Å². The summed E-state index contributed by atoms with van der Waals surface area (Å²) < 4.78 is 12.7. The van der Waals surface area contributed by atoms with Crippen LogP contribution in [-0.2, 0) is 0 Å². The average Bonchev–Trinajstić information content (AvgIpc) is 2.49. The molecule has 5 nitrogen and oxygen atoms in total. The lowest BCUT2D eigenvalue weighted by molar-refractivity contribution is 0.262. The van der Waals surface area contributed by atoms with E-state index in [4.69, 9.17) is 5.21 Å². The molecule has 6 heteroatoms. The highest BCUT2D eigenvalue weighted by molar-refractivity contribution is 6.01. The first kappa shape index (κ1) is 14.5. The fraction of sp³-hybridized carbons (Fsp3) is 0.0667. The number of benzene rings is 2.